The van der Waals surface area contributed by atoms with Gasteiger partial charge in [-0.3, -0.25) is 9.59 Å². The van der Waals surface area contributed by atoms with E-state index in [1.165, 1.54) is 11.1 Å². The molecular weight excluding hydrogens is 574 g/mol. The maximum Gasteiger partial charge on any atom is 0.264 e. The molecule has 0 saturated heterocycles. The fourth-order valence-electron chi connectivity index (χ4n) is 7.29. The first-order valence-electron chi connectivity index (χ1n) is 15.1. The van der Waals surface area contributed by atoms with Crippen molar-refractivity contribution in [2.45, 2.75) is 63.0 Å². The van der Waals surface area contributed by atoms with Gasteiger partial charge in [-0.15, -0.1) is 0 Å². The van der Waals surface area contributed by atoms with E-state index in [0.29, 0.717) is 37.3 Å². The maximum absolute atomic E-state index is 13.3. The molecule has 4 aliphatic rings. The average Bonchev–Trinajstić information content (AvgIpc) is 3.09. The summed E-state index contributed by atoms with van der Waals surface area (Å²) < 4.78 is 35.2. The Balaban J connectivity index is 1.42. The normalized spacial score (nSPS) is 31.2. The van der Waals surface area contributed by atoms with Crippen molar-refractivity contribution in [1.82, 2.24) is 9.62 Å². The summed E-state index contributed by atoms with van der Waals surface area (Å²) in [5, 5.41) is -0.178. The zero-order valence-corrected chi connectivity index (χ0v) is 26.1. The molecule has 0 aromatic heterocycles. The Kier molecular flexibility index (Phi) is 7.71. The molecule has 2 aromatic rings. The summed E-state index contributed by atoms with van der Waals surface area (Å²) in [6.07, 6.45) is 5.21. The SMILES string of the molecule is C[C@@H]1CC(=O)N(C)C[C@@H]2CC[C@H]2CN2C[C@@]3(CCCc4cc(Cl)ccc43)COc3ccc(cc32)C(=O)NS(=O)(=O)[C@H]1C. The van der Waals surface area contributed by atoms with Crippen LogP contribution in [0, 0.1) is 17.8 Å². The summed E-state index contributed by atoms with van der Waals surface area (Å²) in [6.45, 7) is 5.94. The Morgan fingerprint density at radius 3 is 2.57 bits per heavy atom. The summed E-state index contributed by atoms with van der Waals surface area (Å²) in [4.78, 5) is 30.6. The summed E-state index contributed by atoms with van der Waals surface area (Å²) >= 11 is 6.39. The van der Waals surface area contributed by atoms with Crippen LogP contribution in [0.2, 0.25) is 5.02 Å². The number of fused-ring (bicyclic) bond motifs is 4. The molecule has 8 nitrogen and oxygen atoms in total. The van der Waals surface area contributed by atoms with Crippen LogP contribution in [-0.4, -0.2) is 63.7 Å². The highest BCUT2D eigenvalue weighted by atomic mass is 35.5. The second-order valence-electron chi connectivity index (χ2n) is 13.0. The lowest BCUT2D eigenvalue weighted by Crippen LogP contribution is -2.50. The maximum atomic E-state index is 13.3. The Morgan fingerprint density at radius 2 is 1.81 bits per heavy atom. The molecule has 226 valence electrons. The van der Waals surface area contributed by atoms with Gasteiger partial charge in [0, 0.05) is 49.1 Å². The van der Waals surface area contributed by atoms with E-state index in [1.54, 1.807) is 36.9 Å². The van der Waals surface area contributed by atoms with E-state index >= 15 is 0 Å². The number of ether oxygens (including phenoxy) is 1. The van der Waals surface area contributed by atoms with Crippen molar-refractivity contribution in [1.29, 1.82) is 0 Å². The lowest BCUT2D eigenvalue weighted by molar-refractivity contribution is -0.132. The third-order valence-corrected chi connectivity index (χ3v) is 12.4. The van der Waals surface area contributed by atoms with Gasteiger partial charge in [-0.25, -0.2) is 13.1 Å². The first-order chi connectivity index (χ1) is 20.0. The van der Waals surface area contributed by atoms with Crippen molar-refractivity contribution >= 4 is 39.1 Å². The van der Waals surface area contributed by atoms with Gasteiger partial charge in [-0.05, 0) is 98.2 Å². The largest absolute Gasteiger partial charge is 0.490 e. The number of anilines is 1. The lowest BCUT2D eigenvalue weighted by atomic mass is 9.69. The fourth-order valence-corrected chi connectivity index (χ4v) is 8.76. The molecular formula is C32H40ClN3O5S. The molecule has 0 unspecified atom stereocenters. The molecule has 10 heteroatoms. The Morgan fingerprint density at radius 1 is 1.05 bits per heavy atom. The molecule has 1 fully saturated rings. The zero-order chi connectivity index (χ0) is 29.8. The standard InChI is InChI=1S/C32H40ClN3O5S/c1-20-13-30(37)35(3)16-24-6-7-25(24)17-36-18-32(12-4-5-22-14-26(33)9-10-27(22)32)19-41-29-11-8-23(15-28(29)36)31(38)34-42(39,40)21(20)2/h8-11,14-15,20-21,24-25H,4-7,12-13,16-19H2,1-3H3,(H,34,38)/t20-,21+,24+,25+,32+/m1/s1. The van der Waals surface area contributed by atoms with Gasteiger partial charge < -0.3 is 14.5 Å². The Labute approximate surface area is 253 Å². The van der Waals surface area contributed by atoms with Crippen LogP contribution in [0.5, 0.6) is 5.75 Å². The minimum atomic E-state index is -4.01. The number of halogens is 1. The number of carbonyl (C=O) groups is 2. The topological polar surface area (TPSA) is 96.0 Å². The van der Waals surface area contributed by atoms with E-state index in [2.05, 4.69) is 21.8 Å². The van der Waals surface area contributed by atoms with Crippen molar-refractivity contribution in [2.24, 2.45) is 17.8 Å². The number of nitrogens with one attached hydrogen (secondary N) is 1. The smallest absolute Gasteiger partial charge is 0.264 e. The summed E-state index contributed by atoms with van der Waals surface area (Å²) in [7, 11) is -2.20. The number of amides is 2. The van der Waals surface area contributed by atoms with Gasteiger partial charge in [0.25, 0.3) is 5.91 Å². The third-order valence-electron chi connectivity index (χ3n) is 10.3. The van der Waals surface area contributed by atoms with E-state index in [9.17, 15) is 18.0 Å². The van der Waals surface area contributed by atoms with Crippen molar-refractivity contribution in [3.05, 3.63) is 58.1 Å². The molecule has 2 aliphatic heterocycles. The molecule has 1 N–H and O–H groups in total. The van der Waals surface area contributed by atoms with Gasteiger partial charge in [-0.1, -0.05) is 24.6 Å². The van der Waals surface area contributed by atoms with Gasteiger partial charge in [0.1, 0.15) is 5.75 Å². The predicted octanol–water partition coefficient (Wildman–Crippen LogP) is 4.79. The summed E-state index contributed by atoms with van der Waals surface area (Å²) in [6, 6.07) is 11.4. The van der Waals surface area contributed by atoms with Gasteiger partial charge in [-0.2, -0.15) is 0 Å². The van der Waals surface area contributed by atoms with E-state index in [0.717, 1.165) is 49.4 Å². The minimum absolute atomic E-state index is 0.0688. The first-order valence-corrected chi connectivity index (χ1v) is 17.0. The van der Waals surface area contributed by atoms with Gasteiger partial charge in [0.05, 0.1) is 17.5 Å². The summed E-state index contributed by atoms with van der Waals surface area (Å²) in [5.74, 6) is 0.245. The molecule has 42 heavy (non-hydrogen) atoms. The number of aryl methyl sites for hydroxylation is 1. The quantitative estimate of drug-likeness (QED) is 0.459. The second-order valence-corrected chi connectivity index (χ2v) is 15.5. The molecule has 0 radical (unpaired) electrons. The van der Waals surface area contributed by atoms with Crippen LogP contribution in [0.15, 0.2) is 36.4 Å². The number of sulfonamides is 1. The average molecular weight is 614 g/mol. The minimum Gasteiger partial charge on any atom is -0.490 e. The van der Waals surface area contributed by atoms with Crippen LogP contribution >= 0.6 is 11.6 Å². The molecule has 5 atom stereocenters. The number of benzene rings is 2. The molecule has 2 aromatic carbocycles. The van der Waals surface area contributed by atoms with Gasteiger partial charge in [0.15, 0.2) is 0 Å². The molecule has 2 heterocycles. The first kappa shape index (κ1) is 29.3. The van der Waals surface area contributed by atoms with Crippen molar-refractivity contribution in [3.8, 4) is 5.75 Å². The monoisotopic (exact) mass is 613 g/mol. The van der Waals surface area contributed by atoms with Crippen LogP contribution < -0.4 is 14.4 Å². The highest BCUT2D eigenvalue weighted by Gasteiger charge is 2.44. The van der Waals surface area contributed by atoms with Gasteiger partial charge >= 0.3 is 0 Å². The molecule has 2 bridgehead atoms. The van der Waals surface area contributed by atoms with Crippen LogP contribution in [0.25, 0.3) is 0 Å². The van der Waals surface area contributed by atoms with Crippen LogP contribution in [0.1, 0.15) is 67.4 Å². The number of hydrogen-bond donors (Lipinski definition) is 1. The predicted molar refractivity (Wildman–Crippen MR) is 164 cm³/mol. The molecule has 6 rings (SSSR count). The van der Waals surface area contributed by atoms with E-state index in [4.69, 9.17) is 16.3 Å². The number of carbonyl (C=O) groups excluding carboxylic acids is 2. The molecule has 1 saturated carbocycles. The summed E-state index contributed by atoms with van der Waals surface area (Å²) in [5.41, 5.74) is 3.35. The zero-order valence-electron chi connectivity index (χ0n) is 24.6. The van der Waals surface area contributed by atoms with Crippen LogP contribution in [0.4, 0.5) is 5.69 Å². The van der Waals surface area contributed by atoms with Gasteiger partial charge in [0.2, 0.25) is 15.9 Å². The highest BCUT2D eigenvalue weighted by Crippen LogP contribution is 2.46. The van der Waals surface area contributed by atoms with Crippen molar-refractivity contribution < 1.29 is 22.7 Å². The van der Waals surface area contributed by atoms with E-state index < -0.39 is 27.1 Å². The third kappa shape index (κ3) is 5.39. The Hall–Kier alpha value is -2.78. The van der Waals surface area contributed by atoms with Crippen LogP contribution in [-0.2, 0) is 26.7 Å². The lowest BCUT2D eigenvalue weighted by Gasteiger charge is -2.45. The highest BCUT2D eigenvalue weighted by molar-refractivity contribution is 7.90. The van der Waals surface area contributed by atoms with E-state index in [1.807, 2.05) is 13.1 Å². The van der Waals surface area contributed by atoms with Crippen LogP contribution in [0.3, 0.4) is 0 Å². The van der Waals surface area contributed by atoms with Crippen molar-refractivity contribution in [3.63, 3.8) is 0 Å². The van der Waals surface area contributed by atoms with Crippen molar-refractivity contribution in [2.75, 3.05) is 38.2 Å². The number of rotatable bonds is 0. The fraction of sp³-hybridized carbons (Fsp3) is 0.562. The number of nitrogens with zero attached hydrogens (tertiary/aromatic N) is 2. The molecule has 1 spiro atoms. The van der Waals surface area contributed by atoms with E-state index in [-0.39, 0.29) is 23.3 Å². The number of hydrogen-bond acceptors (Lipinski definition) is 6. The molecule has 2 aliphatic carbocycles. The second kappa shape index (κ2) is 11.1. The molecule has 2 amide bonds. The Bertz CT molecular complexity index is 1510.